The van der Waals surface area contributed by atoms with Crippen LogP contribution in [0.1, 0.15) is 18.5 Å². The van der Waals surface area contributed by atoms with Gasteiger partial charge in [-0.1, -0.05) is 23.5 Å². The summed E-state index contributed by atoms with van der Waals surface area (Å²) in [5, 5.41) is 3.22. The smallest absolute Gasteiger partial charge is 0.234 e. The second-order valence-electron chi connectivity index (χ2n) is 5.86. The molecule has 6 nitrogen and oxygen atoms in total. The van der Waals surface area contributed by atoms with E-state index in [1.54, 1.807) is 16.8 Å². The Balaban J connectivity index is 1.48. The number of para-hydroxylation sites is 1. The summed E-state index contributed by atoms with van der Waals surface area (Å²) in [5.41, 5.74) is 1.59. The van der Waals surface area contributed by atoms with E-state index in [2.05, 4.69) is 9.97 Å². The van der Waals surface area contributed by atoms with Crippen molar-refractivity contribution >= 4 is 55.0 Å². The Morgan fingerprint density at radius 1 is 1.32 bits per heavy atom. The van der Waals surface area contributed by atoms with Crippen LogP contribution in [0.25, 0.3) is 10.2 Å². The Morgan fingerprint density at radius 2 is 2.16 bits per heavy atom. The van der Waals surface area contributed by atoms with Crippen molar-refractivity contribution < 1.29 is 9.59 Å². The number of likely N-dealkylation sites (N-methyl/N-ethyl adjacent to an activating group) is 1. The molecular formula is C17H16N4O2S2. The molecule has 0 atom stereocenters. The number of nitrogens with zero attached hydrogens (tertiary/aromatic N) is 4. The number of fused-ring (bicyclic) bond motifs is 1. The molecule has 0 bridgehead atoms. The van der Waals surface area contributed by atoms with Crippen molar-refractivity contribution in [3.8, 4) is 0 Å². The first-order valence-corrected chi connectivity index (χ1v) is 9.68. The number of rotatable bonds is 4. The molecule has 0 N–H and O–H groups in total. The molecule has 0 saturated carbocycles. The van der Waals surface area contributed by atoms with Gasteiger partial charge in [0.25, 0.3) is 0 Å². The zero-order valence-electron chi connectivity index (χ0n) is 13.6. The van der Waals surface area contributed by atoms with Crippen molar-refractivity contribution in [1.29, 1.82) is 0 Å². The lowest BCUT2D eigenvalue weighted by Crippen LogP contribution is -2.28. The molecule has 3 aromatic rings. The number of hydrogen-bond acceptors (Lipinski definition) is 6. The number of hydrogen-bond donors (Lipinski definition) is 0. The molecule has 1 aromatic carbocycles. The van der Waals surface area contributed by atoms with E-state index in [9.17, 15) is 9.59 Å². The average molecular weight is 372 g/mol. The molecule has 0 aliphatic carbocycles. The second-order valence-corrected chi connectivity index (χ2v) is 7.71. The van der Waals surface area contributed by atoms with E-state index in [0.717, 1.165) is 16.6 Å². The van der Waals surface area contributed by atoms with Crippen LogP contribution >= 0.6 is 22.7 Å². The fourth-order valence-corrected chi connectivity index (χ4v) is 4.55. The molecule has 4 rings (SSSR count). The first kappa shape index (κ1) is 16.2. The molecule has 25 heavy (non-hydrogen) atoms. The maximum absolute atomic E-state index is 12.6. The zero-order valence-corrected chi connectivity index (χ0v) is 15.3. The third kappa shape index (κ3) is 3.14. The number of anilines is 2. The lowest BCUT2D eigenvalue weighted by atomic mass is 10.3. The molecule has 128 valence electrons. The highest BCUT2D eigenvalue weighted by Crippen LogP contribution is 2.29. The summed E-state index contributed by atoms with van der Waals surface area (Å²) in [5.74, 6) is 0.0440. The Kier molecular flexibility index (Phi) is 4.22. The van der Waals surface area contributed by atoms with Crippen molar-refractivity contribution in [3.05, 3.63) is 35.3 Å². The van der Waals surface area contributed by atoms with Crippen LogP contribution < -0.4 is 9.80 Å². The van der Waals surface area contributed by atoms with Gasteiger partial charge in [0.1, 0.15) is 0 Å². The van der Waals surface area contributed by atoms with E-state index in [0.29, 0.717) is 28.9 Å². The number of aromatic nitrogens is 2. The van der Waals surface area contributed by atoms with Crippen LogP contribution in [0.4, 0.5) is 10.3 Å². The van der Waals surface area contributed by atoms with Crippen LogP contribution in [0, 0.1) is 0 Å². The number of thiazole rings is 2. The predicted molar refractivity (Wildman–Crippen MR) is 100 cm³/mol. The molecule has 1 aliphatic heterocycles. The van der Waals surface area contributed by atoms with Gasteiger partial charge >= 0.3 is 0 Å². The number of benzene rings is 1. The van der Waals surface area contributed by atoms with Crippen LogP contribution in [0.5, 0.6) is 0 Å². The summed E-state index contributed by atoms with van der Waals surface area (Å²) in [6, 6.07) is 7.83. The van der Waals surface area contributed by atoms with Gasteiger partial charge in [0, 0.05) is 25.4 Å². The Labute approximate surface area is 152 Å². The summed E-state index contributed by atoms with van der Waals surface area (Å²) >= 11 is 2.91. The first-order valence-electron chi connectivity index (χ1n) is 7.99. The largest absolute Gasteiger partial charge is 0.291 e. The number of carbonyl (C=O) groups is 2. The minimum Gasteiger partial charge on any atom is -0.291 e. The normalized spacial score (nSPS) is 14.4. The molecule has 3 heterocycles. The van der Waals surface area contributed by atoms with Gasteiger partial charge in [-0.25, -0.2) is 9.97 Å². The van der Waals surface area contributed by atoms with E-state index in [4.69, 9.17) is 0 Å². The standard InChI is InChI=1S/C17H16N4O2S2/c1-20(16-19-12-5-2-3-6-13(12)25-16)15(23)9-11-10-24-17(18-11)21-8-4-7-14(21)22/h2-3,5-6,10H,4,7-9H2,1H3. The zero-order chi connectivity index (χ0) is 17.4. The molecular weight excluding hydrogens is 356 g/mol. The minimum absolute atomic E-state index is 0.0661. The van der Waals surface area contributed by atoms with Crippen LogP contribution in [0.2, 0.25) is 0 Å². The lowest BCUT2D eigenvalue weighted by molar-refractivity contribution is -0.118. The van der Waals surface area contributed by atoms with Crippen LogP contribution in [0.15, 0.2) is 29.6 Å². The van der Waals surface area contributed by atoms with Gasteiger partial charge in [0.15, 0.2) is 10.3 Å². The SMILES string of the molecule is CN(C(=O)Cc1csc(N2CCCC2=O)n1)c1nc2ccccc2s1. The van der Waals surface area contributed by atoms with Gasteiger partial charge in [-0.3, -0.25) is 19.4 Å². The van der Waals surface area contributed by atoms with E-state index >= 15 is 0 Å². The fraction of sp³-hybridized carbons (Fsp3) is 0.294. The van der Waals surface area contributed by atoms with E-state index in [-0.39, 0.29) is 18.2 Å². The van der Waals surface area contributed by atoms with Gasteiger partial charge in [-0.15, -0.1) is 11.3 Å². The molecule has 1 fully saturated rings. The average Bonchev–Trinajstić information content (AvgIpc) is 3.32. The molecule has 0 unspecified atom stereocenters. The summed E-state index contributed by atoms with van der Waals surface area (Å²) < 4.78 is 1.06. The summed E-state index contributed by atoms with van der Waals surface area (Å²) in [4.78, 5) is 36.6. The van der Waals surface area contributed by atoms with Crippen molar-refractivity contribution in [2.75, 3.05) is 23.4 Å². The minimum atomic E-state index is -0.0661. The molecule has 1 saturated heterocycles. The van der Waals surface area contributed by atoms with Crippen molar-refractivity contribution in [2.45, 2.75) is 19.3 Å². The molecule has 8 heteroatoms. The van der Waals surface area contributed by atoms with E-state index < -0.39 is 0 Å². The number of amides is 2. The second kappa shape index (κ2) is 6.53. The summed E-state index contributed by atoms with van der Waals surface area (Å²) in [6.07, 6.45) is 1.65. The lowest BCUT2D eigenvalue weighted by Gasteiger charge is -2.13. The van der Waals surface area contributed by atoms with Gasteiger partial charge in [-0.2, -0.15) is 0 Å². The molecule has 2 aromatic heterocycles. The van der Waals surface area contributed by atoms with E-state index in [1.165, 1.54) is 22.7 Å². The van der Waals surface area contributed by atoms with Crippen molar-refractivity contribution in [1.82, 2.24) is 9.97 Å². The van der Waals surface area contributed by atoms with Crippen LogP contribution in [-0.4, -0.2) is 35.4 Å². The summed E-state index contributed by atoms with van der Waals surface area (Å²) in [6.45, 7) is 0.714. The fourth-order valence-electron chi connectivity index (χ4n) is 2.74. The first-order chi connectivity index (χ1) is 12.1. The Bertz CT molecular complexity index is 916. The third-order valence-corrected chi connectivity index (χ3v) is 6.15. The topological polar surface area (TPSA) is 66.4 Å². The van der Waals surface area contributed by atoms with Crippen molar-refractivity contribution in [3.63, 3.8) is 0 Å². The monoisotopic (exact) mass is 372 g/mol. The molecule has 0 radical (unpaired) electrons. The van der Waals surface area contributed by atoms with Gasteiger partial charge < -0.3 is 0 Å². The molecule has 2 amide bonds. The Hall–Kier alpha value is -2.32. The Morgan fingerprint density at radius 3 is 2.92 bits per heavy atom. The third-order valence-electron chi connectivity index (χ3n) is 4.12. The highest BCUT2D eigenvalue weighted by molar-refractivity contribution is 7.22. The van der Waals surface area contributed by atoms with Crippen molar-refractivity contribution in [2.24, 2.45) is 0 Å². The predicted octanol–water partition coefficient (Wildman–Crippen LogP) is 3.09. The molecule has 1 aliphatic rings. The van der Waals surface area contributed by atoms with Crippen LogP contribution in [-0.2, 0) is 16.0 Å². The van der Waals surface area contributed by atoms with Gasteiger partial charge in [0.05, 0.1) is 22.3 Å². The van der Waals surface area contributed by atoms with Gasteiger partial charge in [0.2, 0.25) is 11.8 Å². The summed E-state index contributed by atoms with van der Waals surface area (Å²) in [7, 11) is 1.73. The highest BCUT2D eigenvalue weighted by atomic mass is 32.1. The molecule has 0 spiro atoms. The quantitative estimate of drug-likeness (QED) is 0.706. The van der Waals surface area contributed by atoms with Crippen LogP contribution in [0.3, 0.4) is 0 Å². The van der Waals surface area contributed by atoms with Gasteiger partial charge in [-0.05, 0) is 18.6 Å². The maximum atomic E-state index is 12.6. The maximum Gasteiger partial charge on any atom is 0.234 e. The van der Waals surface area contributed by atoms with E-state index in [1.807, 2.05) is 29.6 Å². The number of carbonyl (C=O) groups excluding carboxylic acids is 2. The highest BCUT2D eigenvalue weighted by Gasteiger charge is 2.25.